The van der Waals surface area contributed by atoms with Crippen LogP contribution in [0.15, 0.2) is 48.5 Å². The van der Waals surface area contributed by atoms with Crippen LogP contribution in [-0.2, 0) is 9.53 Å². The van der Waals surface area contributed by atoms with Crippen molar-refractivity contribution >= 4 is 17.5 Å². The number of ether oxygens (including phenoxy) is 2. The number of carbonyl (C=O) groups is 3. The highest BCUT2D eigenvalue weighted by atomic mass is 19.1. The Balaban J connectivity index is 1.77. The second-order valence-corrected chi connectivity index (χ2v) is 5.24. The van der Waals surface area contributed by atoms with Crippen LogP contribution in [-0.4, -0.2) is 31.3 Å². The van der Waals surface area contributed by atoms with Crippen LogP contribution < -0.4 is 4.74 Å². The smallest absolute Gasteiger partial charge is 0.306 e. The molecule has 0 heterocycles. The fourth-order valence-electron chi connectivity index (χ4n) is 2.07. The molecule has 0 amide bonds. The lowest BCUT2D eigenvalue weighted by Gasteiger charge is -2.05. The van der Waals surface area contributed by atoms with E-state index in [4.69, 9.17) is 9.47 Å². The molecule has 0 aliphatic rings. The van der Waals surface area contributed by atoms with Crippen LogP contribution >= 0.6 is 0 Å². The van der Waals surface area contributed by atoms with E-state index in [9.17, 15) is 18.8 Å². The normalized spacial score (nSPS) is 10.2. The number of hydrogen-bond donors (Lipinski definition) is 0. The zero-order valence-corrected chi connectivity index (χ0v) is 13.7. The summed E-state index contributed by atoms with van der Waals surface area (Å²) in [4.78, 5) is 35.5. The highest BCUT2D eigenvalue weighted by Gasteiger charge is 2.13. The molecular formula is C19H17FO5. The van der Waals surface area contributed by atoms with E-state index in [0.29, 0.717) is 11.3 Å². The average molecular weight is 344 g/mol. The van der Waals surface area contributed by atoms with Gasteiger partial charge in [0.1, 0.15) is 11.6 Å². The predicted octanol–water partition coefficient (Wildman–Crippen LogP) is 3.22. The zero-order valence-electron chi connectivity index (χ0n) is 13.7. The monoisotopic (exact) mass is 344 g/mol. The molecule has 0 radical (unpaired) electrons. The Morgan fingerprint density at radius 3 is 2.00 bits per heavy atom. The molecule has 0 atom stereocenters. The minimum atomic E-state index is -0.641. The molecule has 5 nitrogen and oxygen atoms in total. The van der Waals surface area contributed by atoms with E-state index < -0.39 is 24.2 Å². The van der Waals surface area contributed by atoms with Crippen LogP contribution in [0.1, 0.15) is 33.6 Å². The molecule has 0 N–H and O–H groups in total. The Bertz CT molecular complexity index is 750. The molecule has 0 bridgehead atoms. The van der Waals surface area contributed by atoms with Gasteiger partial charge >= 0.3 is 5.97 Å². The standard InChI is InChI=1S/C19H17FO5/c1-24-16-8-4-13(5-9-16)17(21)10-11-19(23)25-12-18(22)14-2-6-15(20)7-3-14/h2-9H,10-12H2,1H3. The van der Waals surface area contributed by atoms with Crippen molar-refractivity contribution in [3.8, 4) is 5.75 Å². The van der Waals surface area contributed by atoms with Gasteiger partial charge in [-0.2, -0.15) is 0 Å². The molecule has 2 aromatic carbocycles. The number of methoxy groups -OCH3 is 1. The first-order chi connectivity index (χ1) is 12.0. The van der Waals surface area contributed by atoms with E-state index >= 15 is 0 Å². The molecule has 0 fully saturated rings. The van der Waals surface area contributed by atoms with Gasteiger partial charge in [-0.25, -0.2) is 4.39 Å². The van der Waals surface area contributed by atoms with Gasteiger partial charge in [-0.05, 0) is 48.5 Å². The van der Waals surface area contributed by atoms with Gasteiger partial charge in [-0.3, -0.25) is 14.4 Å². The topological polar surface area (TPSA) is 69.7 Å². The molecule has 2 aromatic rings. The van der Waals surface area contributed by atoms with E-state index in [1.807, 2.05) is 0 Å². The van der Waals surface area contributed by atoms with Gasteiger partial charge in [0.2, 0.25) is 0 Å². The summed E-state index contributed by atoms with van der Waals surface area (Å²) in [6, 6.07) is 11.5. The third kappa shape index (κ3) is 5.53. The van der Waals surface area contributed by atoms with Crippen molar-refractivity contribution in [3.05, 3.63) is 65.5 Å². The Morgan fingerprint density at radius 2 is 1.40 bits per heavy atom. The van der Waals surface area contributed by atoms with Crippen LogP contribution in [0.2, 0.25) is 0 Å². The van der Waals surface area contributed by atoms with Crippen LogP contribution in [0.25, 0.3) is 0 Å². The zero-order chi connectivity index (χ0) is 18.2. The third-order valence-electron chi connectivity index (χ3n) is 3.50. The summed E-state index contributed by atoms with van der Waals surface area (Å²) < 4.78 is 22.7. The van der Waals surface area contributed by atoms with E-state index in [-0.39, 0.29) is 24.2 Å². The molecule has 0 aliphatic carbocycles. The van der Waals surface area contributed by atoms with Gasteiger partial charge < -0.3 is 9.47 Å². The first-order valence-electron chi connectivity index (χ1n) is 7.61. The molecule has 6 heteroatoms. The summed E-state index contributed by atoms with van der Waals surface area (Å²) in [7, 11) is 1.53. The summed E-state index contributed by atoms with van der Waals surface area (Å²) in [6.45, 7) is -0.443. The number of rotatable bonds is 8. The minimum Gasteiger partial charge on any atom is -0.497 e. The number of Topliss-reactive ketones (excluding diaryl/α,β-unsaturated/α-hetero) is 2. The van der Waals surface area contributed by atoms with Crippen LogP contribution in [0.3, 0.4) is 0 Å². The molecule has 25 heavy (non-hydrogen) atoms. The summed E-state index contributed by atoms with van der Waals surface area (Å²) in [5.74, 6) is -1.10. The summed E-state index contributed by atoms with van der Waals surface area (Å²) in [5, 5.41) is 0. The summed E-state index contributed by atoms with van der Waals surface area (Å²) in [5.41, 5.74) is 0.722. The van der Waals surface area contributed by atoms with E-state index in [1.165, 1.54) is 19.2 Å². The van der Waals surface area contributed by atoms with Gasteiger partial charge in [0.05, 0.1) is 13.5 Å². The number of benzene rings is 2. The van der Waals surface area contributed by atoms with E-state index in [0.717, 1.165) is 12.1 Å². The van der Waals surface area contributed by atoms with Gasteiger partial charge in [0.25, 0.3) is 0 Å². The second kappa shape index (κ2) is 8.73. The lowest BCUT2D eigenvalue weighted by molar-refractivity contribution is -0.142. The molecule has 0 aromatic heterocycles. The predicted molar refractivity (Wildman–Crippen MR) is 88.2 cm³/mol. The Labute approximate surface area is 144 Å². The lowest BCUT2D eigenvalue weighted by atomic mass is 10.1. The third-order valence-corrected chi connectivity index (χ3v) is 3.50. The molecule has 0 saturated heterocycles. The number of carbonyl (C=O) groups excluding carboxylic acids is 3. The van der Waals surface area contributed by atoms with E-state index in [2.05, 4.69) is 0 Å². The quantitative estimate of drug-likeness (QED) is 0.543. The van der Waals surface area contributed by atoms with Crippen molar-refractivity contribution in [2.24, 2.45) is 0 Å². The lowest BCUT2D eigenvalue weighted by Crippen LogP contribution is -2.15. The number of ketones is 2. The second-order valence-electron chi connectivity index (χ2n) is 5.24. The molecule has 2 rings (SSSR count). The van der Waals surface area contributed by atoms with E-state index in [1.54, 1.807) is 24.3 Å². The van der Waals surface area contributed by atoms with Crippen LogP contribution in [0.4, 0.5) is 4.39 Å². The number of halogens is 1. The molecule has 0 unspecified atom stereocenters. The molecule has 0 spiro atoms. The number of hydrogen-bond acceptors (Lipinski definition) is 5. The van der Waals surface area contributed by atoms with Gasteiger partial charge in [0, 0.05) is 17.5 Å². The minimum absolute atomic E-state index is 0.0180. The maximum atomic E-state index is 12.8. The summed E-state index contributed by atoms with van der Waals surface area (Å²) in [6.07, 6.45) is -0.141. The summed E-state index contributed by atoms with van der Waals surface area (Å²) >= 11 is 0. The Kier molecular flexibility index (Phi) is 6.39. The van der Waals surface area contributed by atoms with Crippen molar-refractivity contribution in [2.75, 3.05) is 13.7 Å². The number of esters is 1. The van der Waals surface area contributed by atoms with Gasteiger partial charge in [0.15, 0.2) is 18.2 Å². The first-order valence-corrected chi connectivity index (χ1v) is 7.61. The average Bonchev–Trinajstić information content (AvgIpc) is 2.64. The molecule has 0 saturated carbocycles. The maximum Gasteiger partial charge on any atom is 0.306 e. The molecular weight excluding hydrogens is 327 g/mol. The van der Waals surface area contributed by atoms with Gasteiger partial charge in [-0.1, -0.05) is 0 Å². The Hall–Kier alpha value is -3.02. The highest BCUT2D eigenvalue weighted by molar-refractivity contribution is 5.99. The fourth-order valence-corrected chi connectivity index (χ4v) is 2.07. The van der Waals surface area contributed by atoms with Crippen LogP contribution in [0, 0.1) is 5.82 Å². The molecule has 130 valence electrons. The maximum absolute atomic E-state index is 12.8. The van der Waals surface area contributed by atoms with Crippen molar-refractivity contribution in [2.45, 2.75) is 12.8 Å². The first kappa shape index (κ1) is 18.3. The van der Waals surface area contributed by atoms with Crippen molar-refractivity contribution in [3.63, 3.8) is 0 Å². The van der Waals surface area contributed by atoms with Crippen LogP contribution in [0.5, 0.6) is 5.75 Å². The SMILES string of the molecule is COc1ccc(C(=O)CCC(=O)OCC(=O)c2ccc(F)cc2)cc1. The molecule has 0 aliphatic heterocycles. The van der Waals surface area contributed by atoms with Gasteiger partial charge in [-0.15, -0.1) is 0 Å². The highest BCUT2D eigenvalue weighted by Crippen LogP contribution is 2.13. The Morgan fingerprint density at radius 1 is 0.840 bits per heavy atom. The van der Waals surface area contributed by atoms with Crippen molar-refractivity contribution < 1.29 is 28.2 Å². The largest absolute Gasteiger partial charge is 0.497 e. The van der Waals surface area contributed by atoms with Crippen molar-refractivity contribution in [1.29, 1.82) is 0 Å². The van der Waals surface area contributed by atoms with Crippen molar-refractivity contribution in [1.82, 2.24) is 0 Å². The fraction of sp³-hybridized carbons (Fsp3) is 0.211.